The van der Waals surface area contributed by atoms with Crippen LogP contribution in [0.25, 0.3) is 0 Å². The summed E-state index contributed by atoms with van der Waals surface area (Å²) in [5, 5.41) is 2.75. The molecule has 1 heterocycles. The predicted octanol–water partition coefficient (Wildman–Crippen LogP) is 1.60. The topological polar surface area (TPSA) is 35.7 Å². The minimum absolute atomic E-state index is 0.298. The van der Waals surface area contributed by atoms with Gasteiger partial charge in [0.15, 0.2) is 5.70 Å². The second kappa shape index (κ2) is 3.19. The first-order valence-electron chi connectivity index (χ1n) is 2.92. The lowest BCUT2D eigenvalue weighted by Crippen LogP contribution is -2.15. The highest BCUT2D eigenvalue weighted by Crippen LogP contribution is 2.26. The zero-order valence-electron chi connectivity index (χ0n) is 5.85. The summed E-state index contributed by atoms with van der Waals surface area (Å²) in [6.45, 7) is -3.21. The Hall–Kier alpha value is -1.34. The molecule has 8 heteroatoms. The van der Waals surface area contributed by atoms with Crippen molar-refractivity contribution in [3.63, 3.8) is 0 Å². The lowest BCUT2D eigenvalue weighted by molar-refractivity contribution is -0.0965. The van der Waals surface area contributed by atoms with Crippen LogP contribution >= 0.6 is 0 Å². The van der Waals surface area contributed by atoms with Gasteiger partial charge in [-0.05, 0) is 0 Å². The van der Waals surface area contributed by atoms with E-state index in [-0.39, 0.29) is 0 Å². The number of nitrogens with zero attached hydrogens (tertiary/aromatic N) is 2. The molecule has 0 aliphatic carbocycles. The Labute approximate surface area is 68.9 Å². The van der Waals surface area contributed by atoms with Crippen LogP contribution in [0.15, 0.2) is 16.9 Å². The predicted molar refractivity (Wildman–Crippen MR) is 30.8 cm³/mol. The van der Waals surface area contributed by atoms with Crippen molar-refractivity contribution in [1.29, 1.82) is 0 Å². The van der Waals surface area contributed by atoms with Gasteiger partial charge >= 0.3 is 12.8 Å². The van der Waals surface area contributed by atoms with Crippen molar-refractivity contribution >= 4 is 5.90 Å². The van der Waals surface area contributed by atoms with Crippen molar-refractivity contribution in [2.24, 2.45) is 5.10 Å². The highest BCUT2D eigenvalue weighted by atomic mass is 19.4. The molecule has 0 N–H and O–H groups in total. The quantitative estimate of drug-likeness (QED) is 0.593. The van der Waals surface area contributed by atoms with Gasteiger partial charge in [-0.15, -0.1) is 10.5 Å². The minimum atomic E-state index is -4.70. The lowest BCUT2D eigenvalue weighted by atomic mass is 10.4. The second-order valence-corrected chi connectivity index (χ2v) is 1.94. The summed E-state index contributed by atoms with van der Waals surface area (Å²) in [5.41, 5.74) is 1.25. The molecule has 0 fully saturated rings. The smallest absolute Gasteiger partial charge is 0.415 e. The maximum Gasteiger partial charge on any atom is 0.435 e. The van der Waals surface area contributed by atoms with Gasteiger partial charge in [-0.3, -0.25) is 0 Å². The molecule has 1 aliphatic heterocycles. The summed E-state index contributed by atoms with van der Waals surface area (Å²) in [4.78, 5) is 0. The van der Waals surface area contributed by atoms with Crippen LogP contribution in [0.3, 0.4) is 0 Å². The van der Waals surface area contributed by atoms with Gasteiger partial charge in [-0.2, -0.15) is 22.0 Å². The summed E-state index contributed by atoms with van der Waals surface area (Å²) in [5.74, 6) is -0.845. The van der Waals surface area contributed by atoms with Gasteiger partial charge in [0.05, 0.1) is 0 Å². The van der Waals surface area contributed by atoms with E-state index < -0.39 is 24.4 Å². The van der Waals surface area contributed by atoms with Crippen molar-refractivity contribution in [1.82, 2.24) is 5.43 Å². The molecule has 1 aliphatic rings. The summed E-state index contributed by atoms with van der Waals surface area (Å²) in [6, 6.07) is 0. The molecule has 0 saturated carbocycles. The molecule has 1 radical (unpaired) electrons. The lowest BCUT2D eigenvalue weighted by Gasteiger charge is -2.02. The standard InChI is InChI=1S/C5H2F5N2O/c6-4(7)13-3-1-2(11-12-3)5(8,9)10/h1,4H. The Balaban J connectivity index is 2.61. The molecule has 0 spiro atoms. The average Bonchev–Trinajstić information content (AvgIpc) is 2.32. The van der Waals surface area contributed by atoms with E-state index in [1.807, 2.05) is 0 Å². The molecule has 0 bridgehead atoms. The van der Waals surface area contributed by atoms with E-state index >= 15 is 0 Å². The van der Waals surface area contributed by atoms with Crippen LogP contribution in [-0.4, -0.2) is 18.7 Å². The number of alkyl halides is 5. The van der Waals surface area contributed by atoms with Gasteiger partial charge in [0.1, 0.15) is 0 Å². The molecule has 0 aromatic heterocycles. The van der Waals surface area contributed by atoms with E-state index in [1.54, 1.807) is 0 Å². The zero-order valence-corrected chi connectivity index (χ0v) is 5.85. The van der Waals surface area contributed by atoms with Crippen LogP contribution in [0.2, 0.25) is 0 Å². The number of rotatable bonds is 1. The maximum absolute atomic E-state index is 11.8. The minimum Gasteiger partial charge on any atom is -0.415 e. The van der Waals surface area contributed by atoms with E-state index in [0.29, 0.717) is 6.08 Å². The van der Waals surface area contributed by atoms with Crippen molar-refractivity contribution in [3.05, 3.63) is 11.8 Å². The number of halogens is 5. The molecule has 0 saturated heterocycles. The fraction of sp³-hybridized carbons (Fsp3) is 0.400. The summed E-state index contributed by atoms with van der Waals surface area (Å²) >= 11 is 0. The van der Waals surface area contributed by atoms with Gasteiger partial charge in [0, 0.05) is 6.08 Å². The van der Waals surface area contributed by atoms with E-state index in [2.05, 4.69) is 15.3 Å². The average molecular weight is 201 g/mol. The van der Waals surface area contributed by atoms with Gasteiger partial charge in [0.2, 0.25) is 5.90 Å². The van der Waals surface area contributed by atoms with Crippen LogP contribution in [0.4, 0.5) is 22.0 Å². The SMILES string of the molecule is FC(F)OC1=N[N]C(C(F)(F)F)=C1. The van der Waals surface area contributed by atoms with Gasteiger partial charge < -0.3 is 4.74 Å². The molecule has 0 amide bonds. The third-order valence-electron chi connectivity index (χ3n) is 1.02. The third-order valence-corrected chi connectivity index (χ3v) is 1.02. The van der Waals surface area contributed by atoms with Gasteiger partial charge in [0.25, 0.3) is 0 Å². The molecule has 13 heavy (non-hydrogen) atoms. The van der Waals surface area contributed by atoms with E-state index in [4.69, 9.17) is 0 Å². The maximum atomic E-state index is 11.8. The molecule has 0 unspecified atom stereocenters. The number of allylic oxidation sites excluding steroid dienone is 1. The van der Waals surface area contributed by atoms with E-state index in [9.17, 15) is 22.0 Å². The summed E-state index contributed by atoms with van der Waals surface area (Å²) in [6.07, 6.45) is -4.40. The van der Waals surface area contributed by atoms with Crippen molar-refractivity contribution in [3.8, 4) is 0 Å². The first-order chi connectivity index (χ1) is 5.89. The van der Waals surface area contributed by atoms with Crippen LogP contribution in [-0.2, 0) is 4.74 Å². The van der Waals surface area contributed by atoms with Gasteiger partial charge in [-0.25, -0.2) is 0 Å². The fourth-order valence-corrected chi connectivity index (χ4v) is 0.565. The Kier molecular flexibility index (Phi) is 2.39. The van der Waals surface area contributed by atoms with Crippen LogP contribution in [0, 0.1) is 0 Å². The molecule has 0 aromatic rings. The van der Waals surface area contributed by atoms with Crippen molar-refractivity contribution in [2.75, 3.05) is 0 Å². The Morgan fingerprint density at radius 1 is 1.31 bits per heavy atom. The monoisotopic (exact) mass is 201 g/mol. The second-order valence-electron chi connectivity index (χ2n) is 1.94. The van der Waals surface area contributed by atoms with Crippen molar-refractivity contribution < 1.29 is 26.7 Å². The third kappa shape index (κ3) is 2.56. The Morgan fingerprint density at radius 3 is 2.31 bits per heavy atom. The normalized spacial score (nSPS) is 16.8. The van der Waals surface area contributed by atoms with Crippen LogP contribution < -0.4 is 5.43 Å². The summed E-state index contributed by atoms with van der Waals surface area (Å²) in [7, 11) is 0. The molecule has 0 aromatic carbocycles. The molecular formula is C5H2F5N2O. The Bertz CT molecular complexity index is 256. The van der Waals surface area contributed by atoms with Crippen LogP contribution in [0.1, 0.15) is 0 Å². The zero-order chi connectivity index (χ0) is 10.1. The number of ether oxygens (including phenoxy) is 1. The Morgan fingerprint density at radius 2 is 1.92 bits per heavy atom. The first kappa shape index (κ1) is 9.75. The molecule has 3 nitrogen and oxygen atoms in total. The van der Waals surface area contributed by atoms with E-state index in [0.717, 1.165) is 0 Å². The molecule has 1 rings (SSSR count). The highest BCUT2D eigenvalue weighted by Gasteiger charge is 2.38. The number of hydrogen-bond acceptors (Lipinski definition) is 2. The highest BCUT2D eigenvalue weighted by molar-refractivity contribution is 5.90. The fourth-order valence-electron chi connectivity index (χ4n) is 0.565. The van der Waals surface area contributed by atoms with E-state index in [1.165, 1.54) is 0 Å². The largest absolute Gasteiger partial charge is 0.435 e. The summed E-state index contributed by atoms with van der Waals surface area (Å²) < 4.78 is 61.9. The molecule has 73 valence electrons. The van der Waals surface area contributed by atoms with Crippen LogP contribution in [0.5, 0.6) is 0 Å². The van der Waals surface area contributed by atoms with Gasteiger partial charge in [-0.1, -0.05) is 0 Å². The van der Waals surface area contributed by atoms with Crippen molar-refractivity contribution in [2.45, 2.75) is 12.8 Å². The molecule has 0 atom stereocenters. The molecular weight excluding hydrogens is 199 g/mol. The first-order valence-corrected chi connectivity index (χ1v) is 2.92. The number of hydrogen-bond donors (Lipinski definition) is 0.